The predicted octanol–water partition coefficient (Wildman–Crippen LogP) is -0.803. The van der Waals surface area contributed by atoms with Crippen LogP contribution in [0.1, 0.15) is 16.9 Å². The molecule has 9 heteroatoms. The lowest BCUT2D eigenvalue weighted by atomic mass is 10.4. The molecule has 0 radical (unpaired) electrons. The number of amides is 1. The lowest BCUT2D eigenvalue weighted by Gasteiger charge is -2.03. The lowest BCUT2D eigenvalue weighted by Crippen LogP contribution is -2.25. The van der Waals surface area contributed by atoms with Gasteiger partial charge in [0, 0.05) is 18.7 Å². The van der Waals surface area contributed by atoms with Crippen LogP contribution in [-0.4, -0.2) is 53.5 Å². The molecule has 1 aromatic heterocycles. The molecule has 0 aromatic carbocycles. The number of methoxy groups -OCH3 is 1. The van der Waals surface area contributed by atoms with E-state index in [1.165, 1.54) is 13.3 Å². The summed E-state index contributed by atoms with van der Waals surface area (Å²) in [4.78, 5) is 33.2. The number of carbonyl (C=O) groups is 3. The molecule has 0 fully saturated rings. The van der Waals surface area contributed by atoms with Gasteiger partial charge in [0.1, 0.15) is 0 Å². The standard InChI is InChI=1S/C11H14N4O5/c1-19-9(16)3-4-10(17)20-6-2-5-12-11(18)8-7-13-15-14-8/h3-4,7H,2,5-6H2,1H3,(H,12,18)(H,13,14,15)/b4-3+. The van der Waals surface area contributed by atoms with Gasteiger partial charge in [-0.25, -0.2) is 9.59 Å². The maximum atomic E-state index is 11.4. The molecule has 0 spiro atoms. The third-order valence-corrected chi connectivity index (χ3v) is 2.06. The number of esters is 2. The van der Waals surface area contributed by atoms with Crippen molar-refractivity contribution in [1.82, 2.24) is 20.7 Å². The number of ether oxygens (including phenoxy) is 2. The zero-order valence-electron chi connectivity index (χ0n) is 10.8. The average Bonchev–Trinajstić information content (AvgIpc) is 2.98. The third kappa shape index (κ3) is 5.76. The predicted molar refractivity (Wildman–Crippen MR) is 65.4 cm³/mol. The van der Waals surface area contributed by atoms with Crippen molar-refractivity contribution >= 4 is 17.8 Å². The van der Waals surface area contributed by atoms with Gasteiger partial charge in [-0.3, -0.25) is 4.79 Å². The number of H-pyrrole nitrogens is 1. The highest BCUT2D eigenvalue weighted by molar-refractivity contribution is 5.92. The molecule has 9 nitrogen and oxygen atoms in total. The molecule has 20 heavy (non-hydrogen) atoms. The second-order valence-corrected chi connectivity index (χ2v) is 3.49. The van der Waals surface area contributed by atoms with Crippen molar-refractivity contribution in [2.45, 2.75) is 6.42 Å². The Morgan fingerprint density at radius 2 is 2.10 bits per heavy atom. The van der Waals surface area contributed by atoms with Gasteiger partial charge >= 0.3 is 11.9 Å². The Balaban J connectivity index is 2.10. The van der Waals surface area contributed by atoms with E-state index in [4.69, 9.17) is 4.74 Å². The lowest BCUT2D eigenvalue weighted by molar-refractivity contribution is -0.139. The molecule has 0 saturated carbocycles. The fourth-order valence-electron chi connectivity index (χ4n) is 1.10. The number of hydrogen-bond donors (Lipinski definition) is 2. The summed E-state index contributed by atoms with van der Waals surface area (Å²) in [5.74, 6) is -1.66. The van der Waals surface area contributed by atoms with Gasteiger partial charge in [-0.15, -0.1) is 0 Å². The van der Waals surface area contributed by atoms with Crippen molar-refractivity contribution in [3.8, 4) is 0 Å². The summed E-state index contributed by atoms with van der Waals surface area (Å²) < 4.78 is 9.10. The first-order chi connectivity index (χ1) is 9.63. The van der Waals surface area contributed by atoms with Crippen LogP contribution in [0, 0.1) is 0 Å². The van der Waals surface area contributed by atoms with Crippen LogP contribution in [0.2, 0.25) is 0 Å². The summed E-state index contributed by atoms with van der Waals surface area (Å²) in [6.07, 6.45) is 3.67. The molecule has 108 valence electrons. The number of nitrogens with zero attached hydrogens (tertiary/aromatic N) is 2. The molecule has 1 amide bonds. The average molecular weight is 282 g/mol. The molecule has 2 N–H and O–H groups in total. The fourth-order valence-corrected chi connectivity index (χ4v) is 1.10. The molecule has 0 unspecified atom stereocenters. The first-order valence-corrected chi connectivity index (χ1v) is 5.70. The Morgan fingerprint density at radius 1 is 1.35 bits per heavy atom. The Morgan fingerprint density at radius 3 is 2.75 bits per heavy atom. The summed E-state index contributed by atoms with van der Waals surface area (Å²) >= 11 is 0. The molecule has 0 atom stereocenters. The highest BCUT2D eigenvalue weighted by Gasteiger charge is 2.07. The highest BCUT2D eigenvalue weighted by atomic mass is 16.5. The monoisotopic (exact) mass is 282 g/mol. The topological polar surface area (TPSA) is 123 Å². The van der Waals surface area contributed by atoms with Gasteiger partial charge in [-0.1, -0.05) is 0 Å². The van der Waals surface area contributed by atoms with E-state index < -0.39 is 11.9 Å². The van der Waals surface area contributed by atoms with E-state index in [2.05, 4.69) is 25.5 Å². The molecule has 0 aliphatic carbocycles. The SMILES string of the molecule is COC(=O)/C=C/C(=O)OCCCNC(=O)c1cn[nH]n1. The van der Waals surface area contributed by atoms with Crippen LogP contribution in [0.3, 0.4) is 0 Å². The summed E-state index contributed by atoms with van der Waals surface area (Å²) in [6.45, 7) is 0.434. The molecule has 0 saturated heterocycles. The number of rotatable bonds is 7. The van der Waals surface area contributed by atoms with Gasteiger partial charge in [0.05, 0.1) is 19.9 Å². The maximum absolute atomic E-state index is 11.4. The van der Waals surface area contributed by atoms with Crippen LogP contribution < -0.4 is 5.32 Å². The second-order valence-electron chi connectivity index (χ2n) is 3.49. The van der Waals surface area contributed by atoms with Gasteiger partial charge in [0.25, 0.3) is 5.91 Å². The Bertz CT molecular complexity index is 483. The molecule has 1 rings (SSSR count). The van der Waals surface area contributed by atoms with E-state index in [0.717, 1.165) is 12.2 Å². The minimum atomic E-state index is -0.654. The van der Waals surface area contributed by atoms with Crippen molar-refractivity contribution in [2.24, 2.45) is 0 Å². The van der Waals surface area contributed by atoms with E-state index in [9.17, 15) is 14.4 Å². The Labute approximate surface area is 114 Å². The van der Waals surface area contributed by atoms with E-state index >= 15 is 0 Å². The van der Waals surface area contributed by atoms with E-state index in [0.29, 0.717) is 13.0 Å². The quantitative estimate of drug-likeness (QED) is 0.381. The summed E-state index contributed by atoms with van der Waals surface area (Å²) in [6, 6.07) is 0. The van der Waals surface area contributed by atoms with Gasteiger partial charge in [-0.2, -0.15) is 15.4 Å². The number of aromatic amines is 1. The van der Waals surface area contributed by atoms with Gasteiger partial charge in [0.15, 0.2) is 5.69 Å². The zero-order chi connectivity index (χ0) is 14.8. The van der Waals surface area contributed by atoms with Crippen molar-refractivity contribution in [2.75, 3.05) is 20.3 Å². The smallest absolute Gasteiger partial charge is 0.331 e. The first kappa shape index (κ1) is 15.3. The minimum Gasteiger partial charge on any atom is -0.466 e. The van der Waals surface area contributed by atoms with Crippen LogP contribution in [0.25, 0.3) is 0 Å². The first-order valence-electron chi connectivity index (χ1n) is 5.70. The molecule has 1 aromatic rings. The molecule has 1 heterocycles. The van der Waals surface area contributed by atoms with Crippen LogP contribution in [0.15, 0.2) is 18.3 Å². The maximum Gasteiger partial charge on any atom is 0.331 e. The number of nitrogens with one attached hydrogen (secondary N) is 2. The molecular weight excluding hydrogens is 268 g/mol. The van der Waals surface area contributed by atoms with Crippen LogP contribution in [0.4, 0.5) is 0 Å². The third-order valence-electron chi connectivity index (χ3n) is 2.06. The number of carbonyl (C=O) groups excluding carboxylic acids is 3. The molecule has 0 aliphatic rings. The summed E-state index contributed by atoms with van der Waals surface area (Å²) in [7, 11) is 1.20. The Kier molecular flexibility index (Phi) is 6.45. The van der Waals surface area contributed by atoms with E-state index in [1.54, 1.807) is 0 Å². The van der Waals surface area contributed by atoms with Crippen molar-refractivity contribution in [1.29, 1.82) is 0 Å². The minimum absolute atomic E-state index is 0.115. The summed E-state index contributed by atoms with van der Waals surface area (Å²) in [5, 5.41) is 12.0. The van der Waals surface area contributed by atoms with Crippen LogP contribution >= 0.6 is 0 Å². The van der Waals surface area contributed by atoms with Gasteiger partial charge < -0.3 is 14.8 Å². The van der Waals surface area contributed by atoms with Gasteiger partial charge in [0.2, 0.25) is 0 Å². The van der Waals surface area contributed by atoms with Crippen LogP contribution in [-0.2, 0) is 19.1 Å². The normalized spacial score (nSPS) is 10.2. The summed E-state index contributed by atoms with van der Waals surface area (Å²) in [5.41, 5.74) is 0.183. The van der Waals surface area contributed by atoms with Crippen molar-refractivity contribution < 1.29 is 23.9 Å². The van der Waals surface area contributed by atoms with Crippen LogP contribution in [0.5, 0.6) is 0 Å². The number of hydrogen-bond acceptors (Lipinski definition) is 7. The fraction of sp³-hybridized carbons (Fsp3) is 0.364. The second kappa shape index (κ2) is 8.40. The highest BCUT2D eigenvalue weighted by Crippen LogP contribution is 1.90. The van der Waals surface area contributed by atoms with E-state index in [1.807, 2.05) is 0 Å². The van der Waals surface area contributed by atoms with Gasteiger partial charge in [-0.05, 0) is 6.42 Å². The van der Waals surface area contributed by atoms with Crippen molar-refractivity contribution in [3.05, 3.63) is 24.0 Å². The Hall–Kier alpha value is -2.71. The molecular formula is C11H14N4O5. The zero-order valence-corrected chi connectivity index (χ0v) is 10.8. The number of aromatic nitrogens is 3. The van der Waals surface area contributed by atoms with E-state index in [-0.39, 0.29) is 18.2 Å². The molecule has 0 bridgehead atoms. The largest absolute Gasteiger partial charge is 0.466 e. The molecule has 0 aliphatic heterocycles. The van der Waals surface area contributed by atoms with Crippen molar-refractivity contribution in [3.63, 3.8) is 0 Å².